The third-order valence-electron chi connectivity index (χ3n) is 4.56. The zero-order chi connectivity index (χ0) is 23.8. The molecule has 33 heavy (non-hydrogen) atoms. The number of ether oxygens (including phenoxy) is 2. The first-order chi connectivity index (χ1) is 15.8. The van der Waals surface area contributed by atoms with Gasteiger partial charge >= 0.3 is 11.8 Å². The predicted molar refractivity (Wildman–Crippen MR) is 124 cm³/mol. The maximum Gasteiger partial charge on any atom is 0.329 e. The van der Waals surface area contributed by atoms with Gasteiger partial charge in [0.05, 0.1) is 13.3 Å². The van der Waals surface area contributed by atoms with E-state index in [0.29, 0.717) is 22.7 Å². The molecule has 0 aliphatic carbocycles. The molecule has 3 aromatic rings. The third kappa shape index (κ3) is 6.90. The van der Waals surface area contributed by atoms with Gasteiger partial charge in [0.25, 0.3) is 0 Å². The second-order valence-electron chi connectivity index (χ2n) is 7.36. The fraction of sp³-hybridized carbons (Fsp3) is 0.160. The maximum atomic E-state index is 13.0. The van der Waals surface area contributed by atoms with E-state index in [9.17, 15) is 14.0 Å². The smallest absolute Gasteiger partial charge is 0.329 e. The van der Waals surface area contributed by atoms with Gasteiger partial charge in [0.1, 0.15) is 12.4 Å². The van der Waals surface area contributed by atoms with Crippen molar-refractivity contribution in [3.63, 3.8) is 0 Å². The van der Waals surface area contributed by atoms with E-state index in [1.807, 2.05) is 19.9 Å². The summed E-state index contributed by atoms with van der Waals surface area (Å²) in [7, 11) is 1.50. The van der Waals surface area contributed by atoms with Gasteiger partial charge in [0.15, 0.2) is 11.5 Å². The molecule has 0 radical (unpaired) electrons. The number of benzene rings is 3. The Labute approximate surface area is 191 Å². The second kappa shape index (κ2) is 10.9. The molecular weight excluding hydrogens is 425 g/mol. The first-order valence-electron chi connectivity index (χ1n) is 10.1. The van der Waals surface area contributed by atoms with Crippen LogP contribution in [0.2, 0.25) is 0 Å². The summed E-state index contributed by atoms with van der Waals surface area (Å²) in [6.07, 6.45) is 1.38. The van der Waals surface area contributed by atoms with Crippen LogP contribution >= 0.6 is 0 Å². The van der Waals surface area contributed by atoms with Crippen molar-refractivity contribution in [2.45, 2.75) is 20.5 Å². The Morgan fingerprint density at radius 3 is 2.30 bits per heavy atom. The molecule has 0 aliphatic heterocycles. The molecule has 0 bridgehead atoms. The lowest BCUT2D eigenvalue weighted by molar-refractivity contribution is -0.136. The standard InChI is InChI=1S/C25H24FN3O4/c1-16-10-17(2)12-21(11-16)28-24(30)25(31)29-27-14-19-6-9-22(23(13-19)32-3)33-15-18-4-7-20(26)8-5-18/h4-14H,15H2,1-3H3,(H,28,30)(H,29,31)/b27-14+. The molecule has 0 aromatic heterocycles. The zero-order valence-corrected chi connectivity index (χ0v) is 18.5. The Bertz CT molecular complexity index is 1160. The molecule has 3 rings (SSSR count). The number of anilines is 1. The number of nitrogens with one attached hydrogen (secondary N) is 2. The van der Waals surface area contributed by atoms with Crippen molar-refractivity contribution in [2.75, 3.05) is 12.4 Å². The molecule has 170 valence electrons. The lowest BCUT2D eigenvalue weighted by atomic mass is 10.1. The SMILES string of the molecule is COc1cc(/C=N/NC(=O)C(=O)Nc2cc(C)cc(C)c2)ccc1OCc1ccc(F)cc1. The molecule has 0 fully saturated rings. The van der Waals surface area contributed by atoms with Crippen LogP contribution in [0, 0.1) is 19.7 Å². The minimum absolute atomic E-state index is 0.246. The van der Waals surface area contributed by atoms with Crippen LogP contribution in [0.1, 0.15) is 22.3 Å². The number of methoxy groups -OCH3 is 1. The monoisotopic (exact) mass is 449 g/mol. The average molecular weight is 449 g/mol. The van der Waals surface area contributed by atoms with Crippen molar-refractivity contribution in [3.8, 4) is 11.5 Å². The highest BCUT2D eigenvalue weighted by Crippen LogP contribution is 2.28. The summed E-state index contributed by atoms with van der Waals surface area (Å²) >= 11 is 0. The number of carbonyl (C=O) groups excluding carboxylic acids is 2. The minimum atomic E-state index is -0.892. The molecule has 0 unspecified atom stereocenters. The van der Waals surface area contributed by atoms with Crippen LogP contribution in [0.5, 0.6) is 11.5 Å². The highest BCUT2D eigenvalue weighted by atomic mass is 19.1. The Morgan fingerprint density at radius 1 is 0.939 bits per heavy atom. The highest BCUT2D eigenvalue weighted by Gasteiger charge is 2.13. The van der Waals surface area contributed by atoms with E-state index in [4.69, 9.17) is 9.47 Å². The van der Waals surface area contributed by atoms with Gasteiger partial charge in [-0.15, -0.1) is 0 Å². The van der Waals surface area contributed by atoms with Gasteiger partial charge < -0.3 is 14.8 Å². The van der Waals surface area contributed by atoms with E-state index in [2.05, 4.69) is 15.8 Å². The minimum Gasteiger partial charge on any atom is -0.493 e. The number of carbonyl (C=O) groups is 2. The second-order valence-corrected chi connectivity index (χ2v) is 7.36. The molecule has 8 heteroatoms. The number of amides is 2. The molecule has 3 aromatic carbocycles. The lowest BCUT2D eigenvalue weighted by Gasteiger charge is -2.11. The van der Waals surface area contributed by atoms with Crippen LogP contribution in [-0.4, -0.2) is 25.1 Å². The van der Waals surface area contributed by atoms with Crippen molar-refractivity contribution >= 4 is 23.7 Å². The predicted octanol–water partition coefficient (Wildman–Crippen LogP) is 4.12. The van der Waals surface area contributed by atoms with Crippen molar-refractivity contribution in [1.29, 1.82) is 0 Å². The van der Waals surface area contributed by atoms with Crippen LogP contribution < -0.4 is 20.2 Å². The molecule has 0 spiro atoms. The largest absolute Gasteiger partial charge is 0.493 e. The van der Waals surface area contributed by atoms with E-state index in [-0.39, 0.29) is 12.4 Å². The van der Waals surface area contributed by atoms with Gasteiger partial charge in [-0.3, -0.25) is 9.59 Å². The Balaban J connectivity index is 1.57. The van der Waals surface area contributed by atoms with Gasteiger partial charge in [-0.1, -0.05) is 18.2 Å². The summed E-state index contributed by atoms with van der Waals surface area (Å²) < 4.78 is 24.1. The van der Waals surface area contributed by atoms with Gasteiger partial charge in [-0.25, -0.2) is 9.82 Å². The van der Waals surface area contributed by atoms with E-state index in [1.165, 1.54) is 25.5 Å². The van der Waals surface area contributed by atoms with Gasteiger partial charge in [0.2, 0.25) is 0 Å². The Kier molecular flexibility index (Phi) is 7.75. The fourth-order valence-electron chi connectivity index (χ4n) is 3.08. The zero-order valence-electron chi connectivity index (χ0n) is 18.5. The summed E-state index contributed by atoms with van der Waals surface area (Å²) in [6.45, 7) is 4.05. The Hall–Kier alpha value is -4.20. The average Bonchev–Trinajstić information content (AvgIpc) is 2.78. The van der Waals surface area contributed by atoms with E-state index in [0.717, 1.165) is 16.7 Å². The maximum absolute atomic E-state index is 13.0. The van der Waals surface area contributed by atoms with Crippen LogP contribution in [0.4, 0.5) is 10.1 Å². The van der Waals surface area contributed by atoms with E-state index in [1.54, 1.807) is 42.5 Å². The molecule has 0 heterocycles. The molecule has 0 atom stereocenters. The first kappa shape index (κ1) is 23.5. The van der Waals surface area contributed by atoms with Crippen molar-refractivity contribution in [2.24, 2.45) is 5.10 Å². The van der Waals surface area contributed by atoms with Gasteiger partial charge in [-0.2, -0.15) is 5.10 Å². The molecule has 0 aliphatic rings. The van der Waals surface area contributed by atoms with Crippen molar-refractivity contribution < 1.29 is 23.5 Å². The summed E-state index contributed by atoms with van der Waals surface area (Å²) in [5, 5.41) is 6.38. The molecule has 0 saturated heterocycles. The number of nitrogens with zero attached hydrogens (tertiary/aromatic N) is 1. The molecule has 7 nitrogen and oxygen atoms in total. The summed E-state index contributed by atoms with van der Waals surface area (Å²) in [5.74, 6) is -1.07. The number of aryl methyl sites for hydroxylation is 2. The van der Waals surface area contributed by atoms with Crippen LogP contribution in [0.25, 0.3) is 0 Å². The summed E-state index contributed by atoms with van der Waals surface area (Å²) in [5.41, 5.74) is 6.12. The quantitative estimate of drug-likeness (QED) is 0.323. The Morgan fingerprint density at radius 2 is 1.64 bits per heavy atom. The number of rotatable bonds is 7. The van der Waals surface area contributed by atoms with Crippen LogP contribution in [-0.2, 0) is 16.2 Å². The van der Waals surface area contributed by atoms with Crippen LogP contribution in [0.15, 0.2) is 65.8 Å². The molecule has 2 N–H and O–H groups in total. The van der Waals surface area contributed by atoms with E-state index >= 15 is 0 Å². The molecule has 0 saturated carbocycles. The highest BCUT2D eigenvalue weighted by molar-refractivity contribution is 6.39. The normalized spacial score (nSPS) is 10.7. The van der Waals surface area contributed by atoms with Crippen molar-refractivity contribution in [3.05, 3.63) is 88.7 Å². The van der Waals surface area contributed by atoms with Crippen molar-refractivity contribution in [1.82, 2.24) is 5.43 Å². The molecular formula is C25H24FN3O4. The number of hydrogen-bond donors (Lipinski definition) is 2. The van der Waals surface area contributed by atoms with Gasteiger partial charge in [-0.05, 0) is 78.6 Å². The van der Waals surface area contributed by atoms with Crippen LogP contribution in [0.3, 0.4) is 0 Å². The summed E-state index contributed by atoms with van der Waals surface area (Å²) in [6, 6.07) is 16.6. The lowest BCUT2D eigenvalue weighted by Crippen LogP contribution is -2.32. The van der Waals surface area contributed by atoms with Gasteiger partial charge in [0, 0.05) is 5.69 Å². The topological polar surface area (TPSA) is 89.0 Å². The number of halogens is 1. The third-order valence-corrected chi connectivity index (χ3v) is 4.56. The molecule has 2 amide bonds. The number of hydrazone groups is 1. The first-order valence-corrected chi connectivity index (χ1v) is 10.1. The van der Waals surface area contributed by atoms with E-state index < -0.39 is 11.8 Å². The summed E-state index contributed by atoms with van der Waals surface area (Å²) in [4.78, 5) is 24.1. The fourth-order valence-corrected chi connectivity index (χ4v) is 3.08. The number of hydrogen-bond acceptors (Lipinski definition) is 5.